The summed E-state index contributed by atoms with van der Waals surface area (Å²) in [7, 11) is -9.87. The van der Waals surface area contributed by atoms with Crippen LogP contribution in [0.4, 0.5) is 0 Å². The van der Waals surface area contributed by atoms with Gasteiger partial charge in [0.15, 0.2) is 12.2 Å². The number of aliphatic hydroxyl groups excluding tert-OH is 1. The quantitative estimate of drug-likeness (QED) is 0.0222. The van der Waals surface area contributed by atoms with E-state index >= 15 is 0 Å². The molecule has 0 aromatic heterocycles. The number of hydrogen-bond acceptors (Lipinski definition) is 15. The molecule has 0 saturated carbocycles. The van der Waals surface area contributed by atoms with Crippen LogP contribution in [0.2, 0.25) is 0 Å². The van der Waals surface area contributed by atoms with Gasteiger partial charge in [-0.15, -0.1) is 0 Å². The van der Waals surface area contributed by atoms with Gasteiger partial charge >= 0.3 is 39.5 Å². The second-order valence-corrected chi connectivity index (χ2v) is 26.1. The summed E-state index contributed by atoms with van der Waals surface area (Å²) in [6, 6.07) is 0. The van der Waals surface area contributed by atoms with E-state index in [9.17, 15) is 43.2 Å². The Bertz CT molecular complexity index is 1600. The van der Waals surface area contributed by atoms with Gasteiger partial charge in [0.05, 0.1) is 26.4 Å². The summed E-state index contributed by atoms with van der Waals surface area (Å²) in [6.45, 7) is 4.77. The molecule has 0 fully saturated rings. The largest absolute Gasteiger partial charge is 0.472 e. The van der Waals surface area contributed by atoms with Gasteiger partial charge in [-0.25, -0.2) is 9.13 Å². The number of esters is 4. The molecule has 492 valence electrons. The minimum Gasteiger partial charge on any atom is -0.462 e. The number of phosphoric acid groups is 2. The van der Waals surface area contributed by atoms with Crippen molar-refractivity contribution >= 4 is 39.5 Å². The van der Waals surface area contributed by atoms with Crippen molar-refractivity contribution < 1.29 is 80.2 Å². The number of aliphatic hydroxyl groups is 1. The topological polar surface area (TPSA) is 237 Å². The first-order chi connectivity index (χ1) is 40.2. The monoisotopic (exact) mass is 1230 g/mol. The number of carbonyl (C=O) groups is 4. The predicted octanol–water partition coefficient (Wildman–Crippen LogP) is 17.9. The fourth-order valence-corrected chi connectivity index (χ4v) is 11.2. The molecule has 5 atom stereocenters. The second-order valence-electron chi connectivity index (χ2n) is 23.2. The number of rotatable bonds is 65. The minimum absolute atomic E-state index is 0.103. The SMILES string of the molecule is CCCCCCCCCCCCCCCCCCCC(=O)O[C@H](COC(=O)CCCCCCCCCCCCCCCC)COP(=O)(O)OC[C@@H](O)COP(=O)(O)OC[C@@H](COC(=O)CCCCCCC)OC(=O)CCCCCCCCC. The Kier molecular flexibility index (Phi) is 57.7. The van der Waals surface area contributed by atoms with Crippen LogP contribution in [0, 0.1) is 0 Å². The van der Waals surface area contributed by atoms with Crippen LogP contribution >= 0.6 is 15.6 Å². The summed E-state index contributed by atoms with van der Waals surface area (Å²) in [4.78, 5) is 71.8. The van der Waals surface area contributed by atoms with Crippen molar-refractivity contribution in [1.29, 1.82) is 0 Å². The van der Waals surface area contributed by atoms with Gasteiger partial charge < -0.3 is 33.8 Å². The molecule has 0 aliphatic carbocycles. The average Bonchev–Trinajstić information content (AvgIpc) is 3.46. The highest BCUT2D eigenvalue weighted by molar-refractivity contribution is 7.47. The van der Waals surface area contributed by atoms with Gasteiger partial charge in [0.1, 0.15) is 19.3 Å². The Hall–Kier alpha value is -1.94. The van der Waals surface area contributed by atoms with E-state index in [2.05, 4.69) is 27.7 Å². The van der Waals surface area contributed by atoms with Crippen molar-refractivity contribution in [3.05, 3.63) is 0 Å². The lowest BCUT2D eigenvalue weighted by Crippen LogP contribution is -2.30. The van der Waals surface area contributed by atoms with Gasteiger partial charge in [-0.2, -0.15) is 0 Å². The minimum atomic E-state index is -4.94. The Morgan fingerprint density at radius 3 is 0.711 bits per heavy atom. The lowest BCUT2D eigenvalue weighted by molar-refractivity contribution is -0.161. The summed E-state index contributed by atoms with van der Waals surface area (Å²) in [5, 5.41) is 10.5. The zero-order chi connectivity index (χ0) is 61.2. The Balaban J connectivity index is 5.13. The van der Waals surface area contributed by atoms with E-state index in [0.717, 1.165) is 109 Å². The van der Waals surface area contributed by atoms with Crippen molar-refractivity contribution in [3.63, 3.8) is 0 Å². The molecule has 0 aliphatic rings. The van der Waals surface area contributed by atoms with Gasteiger partial charge in [0.25, 0.3) is 0 Å². The van der Waals surface area contributed by atoms with E-state index in [1.165, 1.54) is 141 Å². The Morgan fingerprint density at radius 1 is 0.289 bits per heavy atom. The molecule has 0 spiro atoms. The molecule has 0 bridgehead atoms. The van der Waals surface area contributed by atoms with Crippen molar-refractivity contribution in [2.45, 2.75) is 348 Å². The second kappa shape index (κ2) is 59.0. The zero-order valence-electron chi connectivity index (χ0n) is 53.2. The summed E-state index contributed by atoms with van der Waals surface area (Å²) in [5.41, 5.74) is 0. The van der Waals surface area contributed by atoms with Crippen LogP contribution in [0.1, 0.15) is 329 Å². The van der Waals surface area contributed by atoms with E-state index in [1.807, 2.05) is 0 Å². The first-order valence-electron chi connectivity index (χ1n) is 33.8. The van der Waals surface area contributed by atoms with E-state index in [4.69, 9.17) is 37.0 Å². The van der Waals surface area contributed by atoms with Crippen LogP contribution in [-0.4, -0.2) is 96.7 Å². The molecule has 0 aromatic rings. The van der Waals surface area contributed by atoms with Crippen LogP contribution in [0.25, 0.3) is 0 Å². The van der Waals surface area contributed by atoms with Gasteiger partial charge in [0.2, 0.25) is 0 Å². The molecule has 17 nitrogen and oxygen atoms in total. The molecular weight excluding hydrogens is 1100 g/mol. The maximum Gasteiger partial charge on any atom is 0.472 e. The van der Waals surface area contributed by atoms with E-state index in [1.54, 1.807) is 0 Å². The first-order valence-corrected chi connectivity index (χ1v) is 36.8. The van der Waals surface area contributed by atoms with Crippen molar-refractivity contribution in [1.82, 2.24) is 0 Å². The third kappa shape index (κ3) is 58.8. The summed E-state index contributed by atoms with van der Waals surface area (Å²) in [5.74, 6) is -2.15. The highest BCUT2D eigenvalue weighted by Gasteiger charge is 2.30. The van der Waals surface area contributed by atoms with Crippen molar-refractivity contribution in [2.75, 3.05) is 39.6 Å². The highest BCUT2D eigenvalue weighted by Crippen LogP contribution is 2.45. The molecule has 0 aromatic carbocycles. The normalized spacial score (nSPS) is 14.2. The van der Waals surface area contributed by atoms with Gasteiger partial charge in [0, 0.05) is 25.7 Å². The molecule has 83 heavy (non-hydrogen) atoms. The first kappa shape index (κ1) is 81.1. The summed E-state index contributed by atoms with van der Waals surface area (Å²) >= 11 is 0. The Labute approximate surface area is 505 Å². The van der Waals surface area contributed by atoms with Crippen LogP contribution in [-0.2, 0) is 65.4 Å². The number of unbranched alkanes of at least 4 members (excludes halogenated alkanes) is 39. The Morgan fingerprint density at radius 2 is 0.482 bits per heavy atom. The third-order valence-corrected chi connectivity index (χ3v) is 16.8. The van der Waals surface area contributed by atoms with E-state index < -0.39 is 97.5 Å². The molecule has 0 rings (SSSR count). The smallest absolute Gasteiger partial charge is 0.462 e. The molecule has 0 heterocycles. The predicted molar refractivity (Wildman–Crippen MR) is 331 cm³/mol. The van der Waals surface area contributed by atoms with Crippen molar-refractivity contribution in [3.8, 4) is 0 Å². The number of ether oxygens (including phenoxy) is 4. The summed E-state index contributed by atoms with van der Waals surface area (Å²) in [6.07, 6.45) is 45.0. The highest BCUT2D eigenvalue weighted by atomic mass is 31.2. The third-order valence-electron chi connectivity index (χ3n) is 14.9. The fourth-order valence-electron chi connectivity index (χ4n) is 9.63. The van der Waals surface area contributed by atoms with Crippen molar-refractivity contribution in [2.24, 2.45) is 0 Å². The maximum atomic E-state index is 13.0. The molecule has 2 unspecified atom stereocenters. The van der Waals surface area contributed by atoms with Crippen LogP contribution in [0.3, 0.4) is 0 Å². The standard InChI is InChI=1S/C64H124O17P2/c1-5-9-13-17-20-22-24-26-28-29-30-32-34-36-39-43-47-51-64(69)81-60(55-75-62(67)49-45-41-38-35-33-31-27-25-23-21-18-14-10-6-2)57-79-83(72,73)77-53-58(65)52-76-82(70,71)78-56-59(54-74-61(66)48-44-40-16-12-8-4)80-63(68)50-46-42-37-19-15-11-7-3/h58-60,65H,5-57H2,1-4H3,(H,70,71)(H,72,73)/t58-,59+,60+/m0/s1. The number of hydrogen-bond donors (Lipinski definition) is 3. The van der Waals surface area contributed by atoms with Crippen LogP contribution in [0.15, 0.2) is 0 Å². The lowest BCUT2D eigenvalue weighted by Gasteiger charge is -2.21. The molecular formula is C64H124O17P2. The van der Waals surface area contributed by atoms with Crippen LogP contribution in [0.5, 0.6) is 0 Å². The lowest BCUT2D eigenvalue weighted by atomic mass is 10.0. The van der Waals surface area contributed by atoms with Crippen LogP contribution < -0.4 is 0 Å². The molecule has 19 heteroatoms. The molecule has 0 aliphatic heterocycles. The number of phosphoric ester groups is 2. The van der Waals surface area contributed by atoms with Gasteiger partial charge in [-0.1, -0.05) is 278 Å². The van der Waals surface area contributed by atoms with Gasteiger partial charge in [-0.3, -0.25) is 37.3 Å². The fraction of sp³-hybridized carbons (Fsp3) is 0.938. The number of carbonyl (C=O) groups excluding carboxylic acids is 4. The van der Waals surface area contributed by atoms with E-state index in [0.29, 0.717) is 25.7 Å². The molecule has 0 radical (unpaired) electrons. The van der Waals surface area contributed by atoms with E-state index in [-0.39, 0.29) is 25.7 Å². The molecule has 3 N–H and O–H groups in total. The molecule has 0 amide bonds. The zero-order valence-corrected chi connectivity index (χ0v) is 54.9. The molecule has 0 saturated heterocycles. The summed E-state index contributed by atoms with van der Waals surface area (Å²) < 4.78 is 67.7. The maximum absolute atomic E-state index is 13.0. The average molecular weight is 1230 g/mol. The van der Waals surface area contributed by atoms with Gasteiger partial charge in [-0.05, 0) is 25.7 Å².